The van der Waals surface area contributed by atoms with Crippen LogP contribution in [0.1, 0.15) is 57.6 Å². The molecule has 44 heavy (non-hydrogen) atoms. The van der Waals surface area contributed by atoms with Crippen LogP contribution in [0.4, 0.5) is 17.6 Å². The van der Waals surface area contributed by atoms with E-state index in [0.717, 1.165) is 24.3 Å². The Kier molecular flexibility index (Phi) is 18.0. The molecule has 8 nitrogen and oxygen atoms in total. The lowest BCUT2D eigenvalue weighted by Gasteiger charge is -2.30. The van der Waals surface area contributed by atoms with Gasteiger partial charge in [0.15, 0.2) is 11.5 Å². The van der Waals surface area contributed by atoms with Gasteiger partial charge in [0.05, 0.1) is 38.1 Å². The van der Waals surface area contributed by atoms with Gasteiger partial charge in [-0.2, -0.15) is 13.2 Å². The number of amides is 1. The summed E-state index contributed by atoms with van der Waals surface area (Å²) < 4.78 is 71.7. The molecule has 1 amide bonds. The number of nitrogens with one attached hydrogen (secondary N) is 1. The van der Waals surface area contributed by atoms with Crippen LogP contribution in [0, 0.1) is 5.82 Å². The van der Waals surface area contributed by atoms with E-state index in [4.69, 9.17) is 30.9 Å². The maximum Gasteiger partial charge on any atom is 0.424 e. The fourth-order valence-electron chi connectivity index (χ4n) is 3.42. The van der Waals surface area contributed by atoms with E-state index in [-0.39, 0.29) is 52.3 Å². The molecule has 1 heterocycles. The Hall–Kier alpha value is -3.61. The van der Waals surface area contributed by atoms with E-state index in [1.165, 1.54) is 38.5 Å². The van der Waals surface area contributed by atoms with E-state index in [9.17, 15) is 27.5 Å². The number of alkyl halides is 3. The lowest BCUT2D eigenvalue weighted by molar-refractivity contribution is -0.265. The number of carbonyl (C=O) groups is 1. The Bertz CT molecular complexity index is 1310. The van der Waals surface area contributed by atoms with Gasteiger partial charge in [0.2, 0.25) is 5.60 Å². The minimum atomic E-state index is -5.26. The fraction of sp³-hybridized carbons (Fsp3) is 0.419. The van der Waals surface area contributed by atoms with Gasteiger partial charge in [-0.25, -0.2) is 9.37 Å². The number of aliphatic hydroxyl groups excluding tert-OH is 1. The van der Waals surface area contributed by atoms with Crippen molar-refractivity contribution in [2.45, 2.75) is 53.3 Å². The van der Waals surface area contributed by atoms with Gasteiger partial charge >= 0.3 is 6.18 Å². The van der Waals surface area contributed by atoms with Crippen LogP contribution >= 0.6 is 11.6 Å². The predicted molar refractivity (Wildman–Crippen MR) is 163 cm³/mol. The molecule has 3 rings (SSSR count). The zero-order valence-electron chi connectivity index (χ0n) is 26.1. The van der Waals surface area contributed by atoms with Gasteiger partial charge in [-0.05, 0) is 48.5 Å². The SMILES string of the molecule is CC.CC.CC.COc1cc(C(=O)NCC(O)(c2ccc(OC)c(-c3ccc(F)c(Cl)c3)n2)C(F)(F)F)ccc1OCCO. The molecule has 0 aliphatic rings. The first kappa shape index (κ1) is 40.4. The highest BCUT2D eigenvalue weighted by Gasteiger charge is 2.56. The van der Waals surface area contributed by atoms with Gasteiger partial charge in [0.1, 0.15) is 23.9 Å². The average Bonchev–Trinajstić information content (AvgIpc) is 3.05. The predicted octanol–water partition coefficient (Wildman–Crippen LogP) is 7.19. The van der Waals surface area contributed by atoms with Crippen molar-refractivity contribution >= 4 is 17.5 Å². The van der Waals surface area contributed by atoms with E-state index >= 15 is 0 Å². The summed E-state index contributed by atoms with van der Waals surface area (Å²) in [5, 5.41) is 21.5. The molecule has 3 N–H and O–H groups in total. The Morgan fingerprint density at radius 1 is 0.909 bits per heavy atom. The summed E-state index contributed by atoms with van der Waals surface area (Å²) in [7, 11) is 2.56. The van der Waals surface area contributed by atoms with Crippen molar-refractivity contribution in [3.05, 3.63) is 70.6 Å². The van der Waals surface area contributed by atoms with Crippen LogP contribution in [0.3, 0.4) is 0 Å². The number of halogens is 5. The molecule has 0 aliphatic carbocycles. The smallest absolute Gasteiger partial charge is 0.424 e. The van der Waals surface area contributed by atoms with Crippen LogP contribution in [-0.2, 0) is 5.60 Å². The van der Waals surface area contributed by atoms with Crippen molar-refractivity contribution in [2.75, 3.05) is 34.0 Å². The van der Waals surface area contributed by atoms with Crippen molar-refractivity contribution in [3.8, 4) is 28.5 Å². The van der Waals surface area contributed by atoms with E-state index < -0.39 is 35.7 Å². The first-order valence-corrected chi connectivity index (χ1v) is 14.3. The van der Waals surface area contributed by atoms with Crippen molar-refractivity contribution < 1.29 is 46.8 Å². The van der Waals surface area contributed by atoms with Gasteiger partial charge in [-0.1, -0.05) is 53.1 Å². The number of carbonyl (C=O) groups excluding carboxylic acids is 1. The van der Waals surface area contributed by atoms with Crippen LogP contribution < -0.4 is 19.5 Å². The average molecular weight is 649 g/mol. The molecule has 1 atom stereocenters. The molecule has 13 heteroatoms. The molecule has 0 aliphatic heterocycles. The van der Waals surface area contributed by atoms with Crippen molar-refractivity contribution in [1.29, 1.82) is 0 Å². The molecule has 0 saturated heterocycles. The summed E-state index contributed by atoms with van der Waals surface area (Å²) in [6.07, 6.45) is -5.26. The lowest BCUT2D eigenvalue weighted by Crippen LogP contribution is -2.51. The molecule has 2 aromatic carbocycles. The maximum absolute atomic E-state index is 14.2. The summed E-state index contributed by atoms with van der Waals surface area (Å²) in [4.78, 5) is 16.6. The summed E-state index contributed by atoms with van der Waals surface area (Å²) in [6, 6.07) is 9.33. The third kappa shape index (κ3) is 10.2. The number of ether oxygens (including phenoxy) is 3. The van der Waals surface area contributed by atoms with Gasteiger partial charge in [-0.15, -0.1) is 0 Å². The van der Waals surface area contributed by atoms with Crippen LogP contribution in [0.25, 0.3) is 11.3 Å². The molecule has 0 radical (unpaired) electrons. The Morgan fingerprint density at radius 3 is 2.02 bits per heavy atom. The number of hydrogen-bond donors (Lipinski definition) is 3. The minimum Gasteiger partial charge on any atom is -0.494 e. The van der Waals surface area contributed by atoms with Gasteiger partial charge < -0.3 is 29.7 Å². The number of rotatable bonds is 10. The number of methoxy groups -OCH3 is 2. The second kappa shape index (κ2) is 19.6. The summed E-state index contributed by atoms with van der Waals surface area (Å²) in [5.41, 5.74) is -4.52. The van der Waals surface area contributed by atoms with Gasteiger partial charge in [0.25, 0.3) is 5.91 Å². The van der Waals surface area contributed by atoms with Crippen molar-refractivity contribution in [3.63, 3.8) is 0 Å². The quantitative estimate of drug-likeness (QED) is 0.200. The van der Waals surface area contributed by atoms with Gasteiger partial charge in [0, 0.05) is 11.1 Å². The first-order chi connectivity index (χ1) is 20.9. The zero-order valence-corrected chi connectivity index (χ0v) is 26.9. The highest BCUT2D eigenvalue weighted by Crippen LogP contribution is 2.40. The molecule has 1 aromatic heterocycles. The first-order valence-electron chi connectivity index (χ1n) is 13.9. The van der Waals surface area contributed by atoms with Crippen LogP contribution in [0.2, 0.25) is 5.02 Å². The molecule has 0 spiro atoms. The number of benzene rings is 2. The molecular weight excluding hydrogens is 608 g/mol. The summed E-state index contributed by atoms with van der Waals surface area (Å²) in [6.45, 7) is 10.4. The molecule has 0 bridgehead atoms. The Labute approximate surface area is 260 Å². The topological polar surface area (TPSA) is 110 Å². The van der Waals surface area contributed by atoms with Gasteiger partial charge in [-0.3, -0.25) is 4.79 Å². The summed E-state index contributed by atoms with van der Waals surface area (Å²) >= 11 is 5.81. The molecular formula is C31H41ClF4N2O6. The number of hydrogen-bond acceptors (Lipinski definition) is 7. The highest BCUT2D eigenvalue weighted by atomic mass is 35.5. The molecule has 3 aromatic rings. The van der Waals surface area contributed by atoms with Crippen LogP contribution in [0.15, 0.2) is 48.5 Å². The summed E-state index contributed by atoms with van der Waals surface area (Å²) in [5.74, 6) is -1.33. The second-order valence-corrected chi connectivity index (χ2v) is 8.26. The van der Waals surface area contributed by atoms with Crippen LogP contribution in [0.5, 0.6) is 17.2 Å². The van der Waals surface area contributed by atoms with Crippen molar-refractivity contribution in [2.24, 2.45) is 0 Å². The third-order valence-electron chi connectivity index (χ3n) is 5.44. The number of aliphatic hydroxyl groups is 2. The number of aromatic nitrogens is 1. The molecule has 1 unspecified atom stereocenters. The highest BCUT2D eigenvalue weighted by molar-refractivity contribution is 6.31. The minimum absolute atomic E-state index is 0.0402. The van der Waals surface area contributed by atoms with E-state index in [1.54, 1.807) is 0 Å². The standard InChI is InChI=1S/C25H23ClF4N2O6.3C2H6/c1-36-19-7-8-21(32-22(19)14-3-5-17(27)16(26)11-14)24(35,25(28,29)30)13-31-23(34)15-4-6-18(38-10-9-33)20(12-15)37-2;3*1-2/h3-8,11-12,33,35H,9-10,13H2,1-2H3,(H,31,34);3*1-2H3. The number of nitrogens with zero attached hydrogens (tertiary/aromatic N) is 1. The van der Waals surface area contributed by atoms with Crippen molar-refractivity contribution in [1.82, 2.24) is 10.3 Å². The Morgan fingerprint density at radius 2 is 1.50 bits per heavy atom. The van der Waals surface area contributed by atoms with E-state index in [1.807, 2.05) is 41.5 Å². The van der Waals surface area contributed by atoms with Crippen LogP contribution in [-0.4, -0.2) is 61.3 Å². The largest absolute Gasteiger partial charge is 0.494 e. The monoisotopic (exact) mass is 648 g/mol. The zero-order chi connectivity index (χ0) is 34.1. The normalized spacial score (nSPS) is 11.6. The fourth-order valence-corrected chi connectivity index (χ4v) is 3.60. The molecule has 246 valence electrons. The molecule has 0 fully saturated rings. The second-order valence-electron chi connectivity index (χ2n) is 7.85. The lowest BCUT2D eigenvalue weighted by atomic mass is 9.96. The maximum atomic E-state index is 14.2. The Balaban J connectivity index is 0.00000290. The van der Waals surface area contributed by atoms with E-state index in [0.29, 0.717) is 0 Å². The molecule has 0 saturated carbocycles. The number of pyridine rings is 1. The third-order valence-corrected chi connectivity index (χ3v) is 5.73. The van der Waals surface area contributed by atoms with E-state index in [2.05, 4.69) is 10.3 Å².